The number of amides is 1. The predicted octanol–water partition coefficient (Wildman–Crippen LogP) is 5.05. The van der Waals surface area contributed by atoms with Gasteiger partial charge in [-0.25, -0.2) is 14.4 Å². The molecule has 0 radical (unpaired) electrons. The van der Waals surface area contributed by atoms with Gasteiger partial charge in [-0.1, -0.05) is 12.1 Å². The molecule has 184 valence electrons. The highest BCUT2D eigenvalue weighted by molar-refractivity contribution is 5.85. The van der Waals surface area contributed by atoms with E-state index in [-0.39, 0.29) is 30.3 Å². The lowest BCUT2D eigenvalue weighted by Crippen LogP contribution is -2.26. The number of alkyl halides is 3. The molecule has 0 bridgehead atoms. The van der Waals surface area contributed by atoms with Crippen LogP contribution in [0.3, 0.4) is 0 Å². The van der Waals surface area contributed by atoms with Gasteiger partial charge in [0.05, 0.1) is 12.6 Å². The lowest BCUT2D eigenvalue weighted by atomic mass is 10.1. The molecule has 2 N–H and O–H groups in total. The molecule has 0 fully saturated rings. The van der Waals surface area contributed by atoms with Gasteiger partial charge in [-0.3, -0.25) is 9.59 Å². The zero-order chi connectivity index (χ0) is 25.4. The van der Waals surface area contributed by atoms with E-state index in [4.69, 9.17) is 0 Å². The molecule has 11 heteroatoms. The van der Waals surface area contributed by atoms with Crippen molar-refractivity contribution in [3.05, 3.63) is 82.2 Å². The Hall–Kier alpha value is -4.28. The first-order valence-electron chi connectivity index (χ1n) is 11.0. The molecule has 2 aromatic carbocycles. The van der Waals surface area contributed by atoms with Gasteiger partial charge in [0.25, 0.3) is 5.56 Å². The summed E-state index contributed by atoms with van der Waals surface area (Å²) in [5, 5.41) is 4.08. The van der Waals surface area contributed by atoms with E-state index in [0.717, 1.165) is 17.3 Å². The van der Waals surface area contributed by atoms with Crippen LogP contribution >= 0.6 is 0 Å². The maximum atomic E-state index is 14.5. The van der Waals surface area contributed by atoms with Gasteiger partial charge in [-0.2, -0.15) is 13.2 Å². The Labute approximate surface area is 201 Å². The van der Waals surface area contributed by atoms with Crippen molar-refractivity contribution in [3.8, 4) is 11.4 Å². The highest BCUT2D eigenvalue weighted by Crippen LogP contribution is 2.30. The first-order chi connectivity index (χ1) is 17.2. The zero-order valence-electron chi connectivity index (χ0n) is 18.7. The minimum atomic E-state index is -4.38. The average Bonchev–Trinajstić information content (AvgIpc) is 3.27. The van der Waals surface area contributed by atoms with E-state index in [9.17, 15) is 27.2 Å². The molecule has 0 atom stereocenters. The van der Waals surface area contributed by atoms with E-state index < -0.39 is 30.7 Å². The Balaban J connectivity index is 1.35. The van der Waals surface area contributed by atoms with Crippen LogP contribution in [0.15, 0.2) is 59.7 Å². The van der Waals surface area contributed by atoms with Gasteiger partial charge in [0.15, 0.2) is 17.5 Å². The number of benzene rings is 2. The van der Waals surface area contributed by atoms with Crippen LogP contribution in [0.2, 0.25) is 0 Å². The van der Waals surface area contributed by atoms with Crippen molar-refractivity contribution in [2.75, 3.05) is 5.32 Å². The number of H-pyrrole nitrogens is 1. The fraction of sp³-hybridized carbons (Fsp3) is 0.200. The predicted molar refractivity (Wildman–Crippen MR) is 125 cm³/mol. The topological polar surface area (TPSA) is 91.0 Å². The molecule has 3 heterocycles. The number of anilines is 2. The molecule has 4 aromatic rings. The van der Waals surface area contributed by atoms with Crippen molar-refractivity contribution in [1.82, 2.24) is 19.9 Å². The average molecular weight is 497 g/mol. The number of halogens is 4. The number of aromatic amines is 1. The summed E-state index contributed by atoms with van der Waals surface area (Å²) in [4.78, 5) is 36.4. The molecular weight excluding hydrogens is 478 g/mol. The van der Waals surface area contributed by atoms with Crippen molar-refractivity contribution in [2.45, 2.75) is 32.1 Å². The highest BCUT2D eigenvalue weighted by Gasteiger charge is 2.31. The number of nitrogens with zero attached hydrogens (tertiary/aromatic N) is 3. The van der Waals surface area contributed by atoms with E-state index >= 15 is 0 Å². The quantitative estimate of drug-likeness (QED) is 0.377. The Morgan fingerprint density at radius 2 is 1.89 bits per heavy atom. The van der Waals surface area contributed by atoms with Gasteiger partial charge in [0, 0.05) is 42.3 Å². The lowest BCUT2D eigenvalue weighted by Gasteiger charge is -2.15. The van der Waals surface area contributed by atoms with E-state index in [1.165, 1.54) is 11.1 Å². The smallest absolute Gasteiger partial charge is 0.338 e. The molecule has 2 aromatic heterocycles. The SMILES string of the molecule is O=C(CCC(F)(F)F)N1Cc2ccc(-c3ncc(F)c(Nc4ccc5c(=O)[nH]ccc5c4)n3)cc2C1. The fourth-order valence-electron chi connectivity index (χ4n) is 4.12. The van der Waals surface area contributed by atoms with Crippen LogP contribution in [0, 0.1) is 5.82 Å². The maximum absolute atomic E-state index is 14.5. The Kier molecular flexibility index (Phi) is 5.91. The van der Waals surface area contributed by atoms with E-state index in [2.05, 4.69) is 20.3 Å². The summed E-state index contributed by atoms with van der Waals surface area (Å²) in [7, 11) is 0. The second kappa shape index (κ2) is 9.06. The molecular formula is C25H19F4N5O2. The molecule has 1 amide bonds. The summed E-state index contributed by atoms with van der Waals surface area (Å²) in [6.45, 7) is 0.413. The van der Waals surface area contributed by atoms with Gasteiger partial charge in [0.1, 0.15) is 0 Å². The van der Waals surface area contributed by atoms with E-state index in [1.807, 2.05) is 0 Å². The number of aromatic nitrogens is 3. The van der Waals surface area contributed by atoms with Gasteiger partial charge in [0.2, 0.25) is 5.91 Å². The molecule has 5 rings (SSSR count). The number of fused-ring (bicyclic) bond motifs is 2. The van der Waals surface area contributed by atoms with Crippen LogP contribution in [-0.2, 0) is 17.9 Å². The van der Waals surface area contributed by atoms with Crippen LogP contribution in [0.4, 0.5) is 29.1 Å². The fourth-order valence-corrected chi connectivity index (χ4v) is 4.12. The Morgan fingerprint density at radius 1 is 1.08 bits per heavy atom. The van der Waals surface area contributed by atoms with Crippen molar-refractivity contribution in [1.29, 1.82) is 0 Å². The Morgan fingerprint density at radius 3 is 2.69 bits per heavy atom. The number of pyridine rings is 1. The van der Waals surface area contributed by atoms with Crippen LogP contribution < -0.4 is 10.9 Å². The molecule has 0 saturated heterocycles. The Bertz CT molecular complexity index is 1530. The largest absolute Gasteiger partial charge is 0.389 e. The van der Waals surface area contributed by atoms with Gasteiger partial charge in [-0.05, 0) is 46.8 Å². The summed E-state index contributed by atoms with van der Waals surface area (Å²) < 4.78 is 51.9. The van der Waals surface area contributed by atoms with Crippen LogP contribution in [0.25, 0.3) is 22.2 Å². The number of hydrogen-bond donors (Lipinski definition) is 2. The second-order valence-electron chi connectivity index (χ2n) is 8.47. The van der Waals surface area contributed by atoms with Crippen LogP contribution in [0.5, 0.6) is 0 Å². The minimum absolute atomic E-state index is 0.0614. The van der Waals surface area contributed by atoms with E-state index in [1.54, 1.807) is 42.5 Å². The van der Waals surface area contributed by atoms with Gasteiger partial charge >= 0.3 is 6.18 Å². The van der Waals surface area contributed by atoms with Crippen molar-refractivity contribution in [2.24, 2.45) is 0 Å². The lowest BCUT2D eigenvalue weighted by molar-refractivity contribution is -0.149. The number of nitrogens with one attached hydrogen (secondary N) is 2. The second-order valence-corrected chi connectivity index (χ2v) is 8.47. The van der Waals surface area contributed by atoms with Crippen molar-refractivity contribution in [3.63, 3.8) is 0 Å². The molecule has 36 heavy (non-hydrogen) atoms. The normalized spacial score (nSPS) is 13.2. The highest BCUT2D eigenvalue weighted by atomic mass is 19.4. The van der Waals surface area contributed by atoms with E-state index in [0.29, 0.717) is 22.0 Å². The third kappa shape index (κ3) is 4.90. The first-order valence-corrected chi connectivity index (χ1v) is 11.0. The van der Waals surface area contributed by atoms with Gasteiger partial charge in [-0.15, -0.1) is 0 Å². The summed E-state index contributed by atoms with van der Waals surface area (Å²) in [5.41, 5.74) is 2.47. The standard InChI is InChI=1S/C25H19F4N5O2/c26-20-11-31-22(33-23(20)32-18-3-4-19-14(10-18)6-8-30-24(19)36)15-1-2-16-12-34(13-17(16)9-15)21(35)5-7-25(27,28)29/h1-4,6,8-11H,5,7,12-13H2,(H,30,36)(H,31,32,33). The molecule has 0 spiro atoms. The summed E-state index contributed by atoms with van der Waals surface area (Å²) >= 11 is 0. The number of rotatable bonds is 5. The van der Waals surface area contributed by atoms with Crippen LogP contribution in [0.1, 0.15) is 24.0 Å². The van der Waals surface area contributed by atoms with Crippen molar-refractivity contribution >= 4 is 28.2 Å². The third-order valence-corrected chi connectivity index (χ3v) is 5.94. The number of hydrogen-bond acceptors (Lipinski definition) is 5. The molecule has 0 unspecified atom stereocenters. The molecule has 1 aliphatic rings. The summed E-state index contributed by atoms with van der Waals surface area (Å²) in [5.74, 6) is -1.06. The van der Waals surface area contributed by atoms with Crippen molar-refractivity contribution < 1.29 is 22.4 Å². The summed E-state index contributed by atoms with van der Waals surface area (Å²) in [6, 6.07) is 11.9. The van der Waals surface area contributed by atoms with Gasteiger partial charge < -0.3 is 15.2 Å². The molecule has 0 saturated carbocycles. The molecule has 1 aliphatic heterocycles. The number of carbonyl (C=O) groups excluding carboxylic acids is 1. The third-order valence-electron chi connectivity index (χ3n) is 5.94. The maximum Gasteiger partial charge on any atom is 0.389 e. The summed E-state index contributed by atoms with van der Waals surface area (Å²) in [6.07, 6.45) is -3.57. The first kappa shape index (κ1) is 23.5. The number of carbonyl (C=O) groups is 1. The van der Waals surface area contributed by atoms with Crippen LogP contribution in [-0.4, -0.2) is 31.9 Å². The monoisotopic (exact) mass is 497 g/mol. The molecule has 7 nitrogen and oxygen atoms in total. The minimum Gasteiger partial charge on any atom is -0.338 e. The zero-order valence-corrected chi connectivity index (χ0v) is 18.7. The molecule has 0 aliphatic carbocycles.